The zero-order valence-electron chi connectivity index (χ0n) is 38.7. The lowest BCUT2D eigenvalue weighted by molar-refractivity contribution is -0.191. The minimum atomic E-state index is -5.24. The number of likely N-dealkylation sites (tertiary alicyclic amines) is 1. The van der Waals surface area contributed by atoms with Gasteiger partial charge in [-0.25, -0.2) is 0 Å². The molecule has 354 valence electrons. The van der Waals surface area contributed by atoms with Gasteiger partial charge < -0.3 is 24.8 Å². The van der Waals surface area contributed by atoms with Crippen LogP contribution in [-0.4, -0.2) is 95.3 Å². The summed E-state index contributed by atoms with van der Waals surface area (Å²) < 4.78 is 47.5. The average molecular weight is 924 g/mol. The molecule has 3 aromatic carbocycles. The summed E-state index contributed by atoms with van der Waals surface area (Å²) in [6, 6.07) is 21.8. The number of carbonyl (C=O) groups excluding carboxylic acids is 5. The Morgan fingerprint density at radius 3 is 1.85 bits per heavy atom. The molecule has 0 radical (unpaired) electrons. The Morgan fingerprint density at radius 2 is 1.31 bits per heavy atom. The molecule has 0 aromatic heterocycles. The second kappa shape index (κ2) is 22.5. The standard InChI is InChI=1S/C51H66ClF3N4O6/c1-7-49(4,58(6)48(64)51(53,54)55)47(63)57(5)44(35(2)3)45(61)56-42(46(62)59-32-20-21-33-59)34-43(60)65-50(38-24-16-13-17-25-38,40-26-18-19-27-41(40)52)39-30-28-37(29-31-39)36-22-14-11-9-8-10-12-15-23-36/h13,16-19,24-31,35-36,42,44H,7-12,14-15,20-23,32-34H2,1-6H3,(H,56,61)/t42-,44-,49?,50?/m0/s1. The van der Waals surface area contributed by atoms with E-state index in [0.29, 0.717) is 45.6 Å². The highest BCUT2D eigenvalue weighted by Gasteiger charge is 2.51. The molecule has 65 heavy (non-hydrogen) atoms. The number of esters is 1. The van der Waals surface area contributed by atoms with Crippen molar-refractivity contribution in [3.63, 3.8) is 0 Å². The molecular weight excluding hydrogens is 857 g/mol. The molecule has 1 N–H and O–H groups in total. The number of benzene rings is 3. The lowest BCUT2D eigenvalue weighted by atomic mass is 9.78. The fourth-order valence-corrected chi connectivity index (χ4v) is 9.84. The van der Waals surface area contributed by atoms with Gasteiger partial charge in [0.15, 0.2) is 5.60 Å². The number of hydrogen-bond donors (Lipinski definition) is 1. The Hall–Kier alpha value is -4.91. The number of ether oxygens (including phenoxy) is 1. The molecule has 1 saturated carbocycles. The van der Waals surface area contributed by atoms with E-state index in [4.69, 9.17) is 16.3 Å². The number of rotatable bonds is 15. The second-order valence-corrected chi connectivity index (χ2v) is 18.7. The van der Waals surface area contributed by atoms with Gasteiger partial charge in [0, 0.05) is 48.9 Å². The fourth-order valence-electron chi connectivity index (χ4n) is 9.58. The van der Waals surface area contributed by atoms with Crippen LogP contribution in [0, 0.1) is 5.92 Å². The fraction of sp³-hybridized carbons (Fsp3) is 0.549. The van der Waals surface area contributed by atoms with E-state index in [9.17, 15) is 37.1 Å². The Balaban J connectivity index is 1.52. The molecule has 2 aliphatic rings. The molecule has 4 amide bonds. The Morgan fingerprint density at radius 1 is 0.769 bits per heavy atom. The predicted octanol–water partition coefficient (Wildman–Crippen LogP) is 9.95. The summed E-state index contributed by atoms with van der Waals surface area (Å²) in [5.41, 5.74) is -0.641. The van der Waals surface area contributed by atoms with Crippen molar-refractivity contribution in [1.82, 2.24) is 20.0 Å². The summed E-state index contributed by atoms with van der Waals surface area (Å²) >= 11 is 7.02. The van der Waals surface area contributed by atoms with Crippen molar-refractivity contribution in [2.75, 3.05) is 27.2 Å². The maximum absolute atomic E-state index is 14.8. The number of hydrogen-bond acceptors (Lipinski definition) is 6. The monoisotopic (exact) mass is 922 g/mol. The van der Waals surface area contributed by atoms with Gasteiger partial charge >= 0.3 is 18.1 Å². The minimum Gasteiger partial charge on any atom is -0.444 e. The second-order valence-electron chi connectivity index (χ2n) is 18.3. The number of likely N-dealkylation sites (N-methyl/N-ethyl adjacent to an activating group) is 2. The Kier molecular flexibility index (Phi) is 17.7. The van der Waals surface area contributed by atoms with Crippen molar-refractivity contribution in [3.05, 3.63) is 106 Å². The SMILES string of the molecule is CCC(C)(C(=O)N(C)[C@H](C(=O)N[C@@H](CC(=O)OC(c1ccccc1)(c1ccc(C2CCCCCCCCC2)cc1)c1ccccc1Cl)C(=O)N1CCCC1)C(C)C)N(C)C(=O)C(F)(F)F. The first-order valence-electron chi connectivity index (χ1n) is 23.2. The smallest absolute Gasteiger partial charge is 0.444 e. The number of carbonyl (C=O) groups is 5. The molecule has 0 spiro atoms. The molecule has 2 unspecified atom stereocenters. The average Bonchev–Trinajstić information content (AvgIpc) is 3.84. The van der Waals surface area contributed by atoms with Crippen molar-refractivity contribution >= 4 is 41.2 Å². The van der Waals surface area contributed by atoms with E-state index in [1.54, 1.807) is 36.9 Å². The molecule has 1 aliphatic heterocycles. The lowest BCUT2D eigenvalue weighted by Crippen LogP contribution is -2.64. The molecule has 0 bridgehead atoms. The van der Waals surface area contributed by atoms with Crippen LogP contribution in [0.4, 0.5) is 13.2 Å². The van der Waals surface area contributed by atoms with Crippen molar-refractivity contribution < 1.29 is 41.9 Å². The number of nitrogens with one attached hydrogen (secondary N) is 1. The van der Waals surface area contributed by atoms with Crippen molar-refractivity contribution in [3.8, 4) is 0 Å². The maximum atomic E-state index is 14.8. The molecule has 1 aliphatic carbocycles. The van der Waals surface area contributed by atoms with E-state index < -0.39 is 71.3 Å². The number of amides is 4. The summed E-state index contributed by atoms with van der Waals surface area (Å²) in [6.07, 6.45) is 6.15. The molecule has 1 saturated heterocycles. The first-order chi connectivity index (χ1) is 30.9. The minimum absolute atomic E-state index is 0.194. The van der Waals surface area contributed by atoms with Crippen LogP contribution in [0.5, 0.6) is 0 Å². The maximum Gasteiger partial charge on any atom is 0.471 e. The largest absolute Gasteiger partial charge is 0.471 e. The normalized spacial score (nSPS) is 18.1. The predicted molar refractivity (Wildman–Crippen MR) is 246 cm³/mol. The van der Waals surface area contributed by atoms with Gasteiger partial charge in [0.05, 0.1) is 6.42 Å². The molecule has 2 fully saturated rings. The Labute approximate surface area is 387 Å². The topological polar surface area (TPSA) is 116 Å². The third-order valence-electron chi connectivity index (χ3n) is 13.6. The number of alkyl halides is 3. The van der Waals surface area contributed by atoms with Gasteiger partial charge in [-0.15, -0.1) is 0 Å². The third kappa shape index (κ3) is 11.9. The zero-order chi connectivity index (χ0) is 47.5. The molecule has 4 atom stereocenters. The van der Waals surface area contributed by atoms with Crippen LogP contribution in [0.15, 0.2) is 78.9 Å². The highest BCUT2D eigenvalue weighted by atomic mass is 35.5. The van der Waals surface area contributed by atoms with E-state index in [1.807, 2.05) is 48.5 Å². The van der Waals surface area contributed by atoms with E-state index in [-0.39, 0.29) is 6.42 Å². The number of halogens is 4. The van der Waals surface area contributed by atoms with E-state index in [0.717, 1.165) is 50.5 Å². The lowest BCUT2D eigenvalue weighted by Gasteiger charge is -2.42. The van der Waals surface area contributed by atoms with Gasteiger partial charge in [-0.1, -0.05) is 150 Å². The van der Waals surface area contributed by atoms with Crippen LogP contribution in [-0.2, 0) is 34.3 Å². The summed E-state index contributed by atoms with van der Waals surface area (Å²) in [7, 11) is 2.18. The first-order valence-corrected chi connectivity index (χ1v) is 23.6. The zero-order valence-corrected chi connectivity index (χ0v) is 39.5. The molecule has 1 heterocycles. The summed E-state index contributed by atoms with van der Waals surface area (Å²) in [4.78, 5) is 73.0. The third-order valence-corrected chi connectivity index (χ3v) is 13.9. The van der Waals surface area contributed by atoms with Gasteiger partial charge in [0.25, 0.3) is 0 Å². The highest BCUT2D eigenvalue weighted by molar-refractivity contribution is 6.31. The van der Waals surface area contributed by atoms with Gasteiger partial charge in [-0.2, -0.15) is 13.2 Å². The van der Waals surface area contributed by atoms with Crippen LogP contribution in [0.2, 0.25) is 5.02 Å². The molecule has 14 heteroatoms. The first kappa shape index (κ1) is 51.1. The molecular formula is C51H66ClF3N4O6. The van der Waals surface area contributed by atoms with Crippen molar-refractivity contribution in [1.29, 1.82) is 0 Å². The molecule has 10 nitrogen and oxygen atoms in total. The van der Waals surface area contributed by atoms with Crippen LogP contribution >= 0.6 is 11.6 Å². The van der Waals surface area contributed by atoms with Crippen LogP contribution in [0.3, 0.4) is 0 Å². The van der Waals surface area contributed by atoms with Gasteiger partial charge in [0.2, 0.25) is 17.7 Å². The van der Waals surface area contributed by atoms with E-state index >= 15 is 0 Å². The van der Waals surface area contributed by atoms with Crippen molar-refractivity contribution in [2.24, 2.45) is 5.92 Å². The van der Waals surface area contributed by atoms with Crippen LogP contribution in [0.25, 0.3) is 0 Å². The summed E-state index contributed by atoms with van der Waals surface area (Å²) in [5.74, 6) is -5.48. The van der Waals surface area contributed by atoms with Gasteiger partial charge in [-0.3, -0.25) is 24.0 Å². The highest BCUT2D eigenvalue weighted by Crippen LogP contribution is 2.45. The summed E-state index contributed by atoms with van der Waals surface area (Å²) in [6.45, 7) is 6.79. The van der Waals surface area contributed by atoms with Gasteiger partial charge in [-0.05, 0) is 62.5 Å². The van der Waals surface area contributed by atoms with Crippen LogP contribution in [0.1, 0.15) is 139 Å². The summed E-state index contributed by atoms with van der Waals surface area (Å²) in [5, 5.41) is 3.09. The van der Waals surface area contributed by atoms with Crippen molar-refractivity contribution in [2.45, 2.75) is 146 Å². The molecule has 5 rings (SSSR count). The van der Waals surface area contributed by atoms with Crippen LogP contribution < -0.4 is 5.32 Å². The number of nitrogens with zero attached hydrogens (tertiary/aromatic N) is 3. The quantitative estimate of drug-likeness (QED) is 0.120. The molecule has 3 aromatic rings. The Bertz CT molecular complexity index is 2090. The van der Waals surface area contributed by atoms with E-state index in [2.05, 4.69) is 17.4 Å². The van der Waals surface area contributed by atoms with E-state index in [1.165, 1.54) is 58.6 Å². The van der Waals surface area contributed by atoms with Gasteiger partial charge in [0.1, 0.15) is 17.6 Å².